The van der Waals surface area contributed by atoms with Crippen molar-refractivity contribution in [3.05, 3.63) is 20.3 Å². The zero-order chi connectivity index (χ0) is 10.3. The number of carbonyl (C=O) groups is 1. The van der Waals surface area contributed by atoms with E-state index in [1.165, 1.54) is 11.3 Å². The van der Waals surface area contributed by atoms with Crippen molar-refractivity contribution in [3.8, 4) is 0 Å². The molecule has 0 atom stereocenters. The average Bonchev–Trinajstić information content (AvgIpc) is 2.41. The van der Waals surface area contributed by atoms with E-state index in [2.05, 4.69) is 15.9 Å². The van der Waals surface area contributed by atoms with Crippen LogP contribution in [0, 0.1) is 6.92 Å². The van der Waals surface area contributed by atoms with Crippen molar-refractivity contribution in [2.75, 3.05) is 13.1 Å². The van der Waals surface area contributed by atoms with Gasteiger partial charge in [-0.25, -0.2) is 0 Å². The van der Waals surface area contributed by atoms with E-state index in [1.807, 2.05) is 13.0 Å². The Morgan fingerprint density at radius 1 is 1.71 bits per heavy atom. The van der Waals surface area contributed by atoms with Crippen molar-refractivity contribution in [2.24, 2.45) is 5.73 Å². The van der Waals surface area contributed by atoms with Gasteiger partial charge in [0.15, 0.2) is 0 Å². The standard InChI is InChI=1S/C9H11BrN2OS/c1-5-2-7(14-8(5)10)9(13)12-3-6(11)4-12/h2,6H,3-4,11H2,1H3. The minimum absolute atomic E-state index is 0.102. The van der Waals surface area contributed by atoms with Crippen LogP contribution in [0.25, 0.3) is 0 Å². The molecule has 2 N–H and O–H groups in total. The minimum Gasteiger partial charge on any atom is -0.335 e. The number of hydrogen-bond acceptors (Lipinski definition) is 3. The Morgan fingerprint density at radius 3 is 2.79 bits per heavy atom. The molecule has 0 radical (unpaired) electrons. The summed E-state index contributed by atoms with van der Waals surface area (Å²) in [4.78, 5) is 14.4. The summed E-state index contributed by atoms with van der Waals surface area (Å²) in [6, 6.07) is 2.09. The van der Waals surface area contributed by atoms with Gasteiger partial charge in [-0.05, 0) is 34.5 Å². The van der Waals surface area contributed by atoms with Crippen LogP contribution in [0.1, 0.15) is 15.2 Å². The topological polar surface area (TPSA) is 46.3 Å². The van der Waals surface area contributed by atoms with E-state index in [1.54, 1.807) is 4.90 Å². The lowest BCUT2D eigenvalue weighted by Crippen LogP contribution is -2.57. The Balaban J connectivity index is 2.12. The maximum absolute atomic E-state index is 11.8. The summed E-state index contributed by atoms with van der Waals surface area (Å²) in [5.74, 6) is 0.102. The predicted molar refractivity (Wildman–Crippen MR) is 60.6 cm³/mol. The van der Waals surface area contributed by atoms with Crippen molar-refractivity contribution < 1.29 is 4.79 Å². The molecule has 0 spiro atoms. The molecule has 0 aromatic carbocycles. The first-order valence-corrected chi connectivity index (χ1v) is 5.99. The van der Waals surface area contributed by atoms with E-state index < -0.39 is 0 Å². The van der Waals surface area contributed by atoms with Crippen molar-refractivity contribution in [1.82, 2.24) is 4.90 Å². The lowest BCUT2D eigenvalue weighted by molar-refractivity contribution is 0.0613. The van der Waals surface area contributed by atoms with E-state index in [4.69, 9.17) is 5.73 Å². The summed E-state index contributed by atoms with van der Waals surface area (Å²) in [6.07, 6.45) is 0. The van der Waals surface area contributed by atoms with Crippen molar-refractivity contribution in [1.29, 1.82) is 0 Å². The number of carbonyl (C=O) groups excluding carboxylic acids is 1. The molecule has 76 valence electrons. The van der Waals surface area contributed by atoms with Gasteiger partial charge in [-0.1, -0.05) is 0 Å². The summed E-state index contributed by atoms with van der Waals surface area (Å²) >= 11 is 4.89. The van der Waals surface area contributed by atoms with Crippen LogP contribution in [0.3, 0.4) is 0 Å². The van der Waals surface area contributed by atoms with Gasteiger partial charge < -0.3 is 10.6 Å². The number of halogens is 1. The highest BCUT2D eigenvalue weighted by molar-refractivity contribution is 9.11. The Hall–Kier alpha value is -0.390. The molecule has 1 aliphatic rings. The number of amides is 1. The van der Waals surface area contributed by atoms with Gasteiger partial charge in [-0.2, -0.15) is 0 Å². The molecule has 3 nitrogen and oxygen atoms in total. The largest absolute Gasteiger partial charge is 0.335 e. The molecule has 0 saturated carbocycles. The lowest BCUT2D eigenvalue weighted by Gasteiger charge is -2.36. The highest BCUT2D eigenvalue weighted by Crippen LogP contribution is 2.28. The zero-order valence-electron chi connectivity index (χ0n) is 7.79. The first-order chi connectivity index (χ1) is 6.58. The summed E-state index contributed by atoms with van der Waals surface area (Å²) in [6.45, 7) is 3.36. The van der Waals surface area contributed by atoms with Crippen LogP contribution < -0.4 is 5.73 Å². The third-order valence-electron chi connectivity index (χ3n) is 2.26. The Bertz CT molecular complexity index is 351. The number of hydrogen-bond donors (Lipinski definition) is 1. The molecule has 0 bridgehead atoms. The predicted octanol–water partition coefficient (Wildman–Crippen LogP) is 1.60. The molecule has 5 heteroatoms. The highest BCUT2D eigenvalue weighted by Gasteiger charge is 2.29. The van der Waals surface area contributed by atoms with E-state index in [-0.39, 0.29) is 11.9 Å². The quantitative estimate of drug-likeness (QED) is 0.846. The maximum atomic E-state index is 11.8. The number of likely N-dealkylation sites (tertiary alicyclic amines) is 1. The van der Waals surface area contributed by atoms with Crippen molar-refractivity contribution in [3.63, 3.8) is 0 Å². The monoisotopic (exact) mass is 274 g/mol. The normalized spacial score (nSPS) is 16.9. The van der Waals surface area contributed by atoms with Gasteiger partial charge in [0.05, 0.1) is 8.66 Å². The molecule has 0 aliphatic carbocycles. The summed E-state index contributed by atoms with van der Waals surface area (Å²) in [5.41, 5.74) is 6.73. The van der Waals surface area contributed by atoms with Crippen LogP contribution in [0.15, 0.2) is 9.85 Å². The van der Waals surface area contributed by atoms with Gasteiger partial charge in [0, 0.05) is 19.1 Å². The molecule has 2 rings (SSSR count). The number of nitrogens with zero attached hydrogens (tertiary/aromatic N) is 1. The first-order valence-electron chi connectivity index (χ1n) is 4.38. The fourth-order valence-corrected chi connectivity index (χ4v) is 2.90. The molecule has 2 heterocycles. The van der Waals surface area contributed by atoms with Gasteiger partial charge in [-0.3, -0.25) is 4.79 Å². The molecular weight excluding hydrogens is 264 g/mol. The third-order valence-corrected chi connectivity index (χ3v) is 4.39. The average molecular weight is 275 g/mol. The fourth-order valence-electron chi connectivity index (χ4n) is 1.40. The van der Waals surface area contributed by atoms with Gasteiger partial charge in [0.1, 0.15) is 0 Å². The second-order valence-corrected chi connectivity index (χ2v) is 5.91. The van der Waals surface area contributed by atoms with Gasteiger partial charge in [-0.15, -0.1) is 11.3 Å². The second-order valence-electron chi connectivity index (χ2n) is 3.54. The summed E-state index contributed by atoms with van der Waals surface area (Å²) in [5, 5.41) is 0. The molecule has 1 aromatic heterocycles. The molecule has 1 aliphatic heterocycles. The van der Waals surface area contributed by atoms with E-state index in [0.29, 0.717) is 13.1 Å². The molecule has 0 unspecified atom stereocenters. The summed E-state index contributed by atoms with van der Waals surface area (Å²) in [7, 11) is 0. The Labute approximate surface area is 95.0 Å². The van der Waals surface area contributed by atoms with E-state index in [0.717, 1.165) is 14.2 Å². The van der Waals surface area contributed by atoms with E-state index in [9.17, 15) is 4.79 Å². The number of aryl methyl sites for hydroxylation is 1. The van der Waals surface area contributed by atoms with Gasteiger partial charge >= 0.3 is 0 Å². The van der Waals surface area contributed by atoms with Gasteiger partial charge in [0.25, 0.3) is 5.91 Å². The minimum atomic E-state index is 0.102. The molecule has 1 saturated heterocycles. The Morgan fingerprint density at radius 2 is 2.36 bits per heavy atom. The van der Waals surface area contributed by atoms with Crippen LogP contribution in [-0.2, 0) is 0 Å². The van der Waals surface area contributed by atoms with Crippen LogP contribution >= 0.6 is 27.3 Å². The van der Waals surface area contributed by atoms with Crippen molar-refractivity contribution in [2.45, 2.75) is 13.0 Å². The number of thiophene rings is 1. The Kier molecular flexibility index (Phi) is 2.64. The second kappa shape index (κ2) is 3.64. The molecule has 1 fully saturated rings. The molecule has 1 amide bonds. The van der Waals surface area contributed by atoms with Crippen LogP contribution in [0.4, 0.5) is 0 Å². The van der Waals surface area contributed by atoms with Gasteiger partial charge in [0.2, 0.25) is 0 Å². The smallest absolute Gasteiger partial charge is 0.264 e. The molecular formula is C9H11BrN2OS. The first kappa shape index (κ1) is 10.1. The summed E-state index contributed by atoms with van der Waals surface area (Å²) < 4.78 is 1.03. The fraction of sp³-hybridized carbons (Fsp3) is 0.444. The lowest BCUT2D eigenvalue weighted by atomic mass is 10.1. The van der Waals surface area contributed by atoms with Crippen LogP contribution in [-0.4, -0.2) is 29.9 Å². The van der Waals surface area contributed by atoms with E-state index >= 15 is 0 Å². The van der Waals surface area contributed by atoms with Crippen LogP contribution in [0.5, 0.6) is 0 Å². The third kappa shape index (κ3) is 1.71. The number of rotatable bonds is 1. The van der Waals surface area contributed by atoms with Crippen LogP contribution in [0.2, 0.25) is 0 Å². The SMILES string of the molecule is Cc1cc(C(=O)N2CC(N)C2)sc1Br. The molecule has 14 heavy (non-hydrogen) atoms. The van der Waals surface area contributed by atoms with Crippen molar-refractivity contribution >= 4 is 33.2 Å². The molecule has 1 aromatic rings. The number of nitrogens with two attached hydrogens (primary N) is 1. The highest BCUT2D eigenvalue weighted by atomic mass is 79.9. The zero-order valence-corrected chi connectivity index (χ0v) is 10.2. The maximum Gasteiger partial charge on any atom is 0.264 e.